The third kappa shape index (κ3) is 20.5. The molecule has 0 bridgehead atoms. The summed E-state index contributed by atoms with van der Waals surface area (Å²) in [5.41, 5.74) is 0. The second-order valence-corrected chi connectivity index (χ2v) is 7.29. The number of carbonyl (C=O) groups is 2. The molecule has 180 valence electrons. The van der Waals surface area contributed by atoms with Crippen LogP contribution in [0.4, 0.5) is 0 Å². The Morgan fingerprint density at radius 1 is 0.688 bits per heavy atom. The number of unbranched alkanes of at least 4 members (excludes halogenated alkanes) is 4. The van der Waals surface area contributed by atoms with Crippen LogP contribution in [0.15, 0.2) is 61.1 Å². The highest BCUT2D eigenvalue weighted by molar-refractivity contribution is 5.91. The Balaban J connectivity index is 3.98. The fourth-order valence-corrected chi connectivity index (χ4v) is 2.26. The molecule has 0 aliphatic heterocycles. The van der Waals surface area contributed by atoms with Crippen molar-refractivity contribution < 1.29 is 28.5 Å². The van der Waals surface area contributed by atoms with Gasteiger partial charge in [-0.15, -0.1) is 0 Å². The van der Waals surface area contributed by atoms with E-state index in [1.54, 1.807) is 38.5 Å². The van der Waals surface area contributed by atoms with Crippen LogP contribution in [0.3, 0.4) is 0 Å². The van der Waals surface area contributed by atoms with Crippen molar-refractivity contribution in [3.05, 3.63) is 61.1 Å². The highest BCUT2D eigenvalue weighted by Gasteiger charge is 2.09. The Labute approximate surface area is 193 Å². The molecule has 6 heteroatoms. The number of rotatable bonds is 18. The van der Waals surface area contributed by atoms with Gasteiger partial charge in [-0.2, -0.15) is 0 Å². The van der Waals surface area contributed by atoms with E-state index in [1.165, 1.54) is 25.7 Å². The van der Waals surface area contributed by atoms with Crippen molar-refractivity contribution in [3.8, 4) is 0 Å². The van der Waals surface area contributed by atoms with Crippen molar-refractivity contribution in [2.45, 2.75) is 78.4 Å². The topological polar surface area (TPSA) is 71.1 Å². The molecule has 0 saturated carbocycles. The van der Waals surface area contributed by atoms with Gasteiger partial charge in [0.2, 0.25) is 0 Å². The minimum Gasteiger partial charge on any atom is -0.497 e. The predicted molar refractivity (Wildman–Crippen MR) is 128 cm³/mol. The van der Waals surface area contributed by atoms with Gasteiger partial charge in [-0.1, -0.05) is 63.8 Å². The highest BCUT2D eigenvalue weighted by Crippen LogP contribution is 1.99. The van der Waals surface area contributed by atoms with E-state index in [1.807, 2.05) is 12.2 Å². The summed E-state index contributed by atoms with van der Waals surface area (Å²) in [4.78, 5) is 23.6. The van der Waals surface area contributed by atoms with Crippen molar-refractivity contribution >= 4 is 11.9 Å². The van der Waals surface area contributed by atoms with Gasteiger partial charge in [-0.05, 0) is 38.8 Å². The number of ether oxygens (including phenoxy) is 4. The van der Waals surface area contributed by atoms with Gasteiger partial charge in [-0.25, -0.2) is 9.59 Å². The number of allylic oxidation sites excluding steroid dienone is 6. The van der Waals surface area contributed by atoms with Crippen molar-refractivity contribution in [1.29, 1.82) is 0 Å². The molecule has 0 aromatic rings. The molecule has 0 rings (SSSR count). The molecule has 2 unspecified atom stereocenters. The van der Waals surface area contributed by atoms with Gasteiger partial charge >= 0.3 is 11.9 Å². The Bertz CT molecular complexity index is 576. The van der Waals surface area contributed by atoms with Crippen LogP contribution in [-0.2, 0) is 28.5 Å². The summed E-state index contributed by atoms with van der Waals surface area (Å²) < 4.78 is 20.9. The SMILES string of the molecule is CCCCC=CC=COCC(C)OC(=O)/C=C\C(=O)OC(C)COC=CC=CCCCC. The molecule has 0 radical (unpaired) electrons. The zero-order chi connectivity index (χ0) is 23.9. The minimum atomic E-state index is -0.636. The molecule has 0 heterocycles. The Morgan fingerprint density at radius 2 is 1.09 bits per heavy atom. The number of hydrogen-bond donors (Lipinski definition) is 0. The molecule has 32 heavy (non-hydrogen) atoms. The summed E-state index contributed by atoms with van der Waals surface area (Å²) in [5, 5.41) is 0. The van der Waals surface area contributed by atoms with Crippen LogP contribution in [0.5, 0.6) is 0 Å². The second-order valence-electron chi connectivity index (χ2n) is 7.29. The zero-order valence-corrected chi connectivity index (χ0v) is 20.0. The molecule has 0 aliphatic carbocycles. The van der Waals surface area contributed by atoms with E-state index in [-0.39, 0.29) is 13.2 Å². The van der Waals surface area contributed by atoms with Crippen LogP contribution in [0.1, 0.15) is 66.2 Å². The fraction of sp³-hybridized carbons (Fsp3) is 0.538. The first kappa shape index (κ1) is 29.2. The maximum atomic E-state index is 11.8. The van der Waals surface area contributed by atoms with Crippen LogP contribution >= 0.6 is 0 Å². The minimum absolute atomic E-state index is 0.221. The fourth-order valence-electron chi connectivity index (χ4n) is 2.26. The molecule has 0 aromatic carbocycles. The smallest absolute Gasteiger partial charge is 0.331 e. The van der Waals surface area contributed by atoms with Crippen LogP contribution in [0, 0.1) is 0 Å². The lowest BCUT2D eigenvalue weighted by atomic mass is 10.2. The Morgan fingerprint density at radius 3 is 1.47 bits per heavy atom. The second kappa shape index (κ2) is 21.5. The largest absolute Gasteiger partial charge is 0.497 e. The van der Waals surface area contributed by atoms with Gasteiger partial charge < -0.3 is 18.9 Å². The number of carbonyl (C=O) groups excluding carboxylic acids is 2. The van der Waals surface area contributed by atoms with Crippen LogP contribution in [0.25, 0.3) is 0 Å². The zero-order valence-electron chi connectivity index (χ0n) is 20.0. The lowest BCUT2D eigenvalue weighted by Crippen LogP contribution is -2.19. The molecule has 0 aliphatic rings. The summed E-state index contributed by atoms with van der Waals surface area (Å²) in [6.45, 7) is 8.16. The van der Waals surface area contributed by atoms with E-state index in [0.717, 1.165) is 25.0 Å². The van der Waals surface area contributed by atoms with Crippen LogP contribution < -0.4 is 0 Å². The van der Waals surface area contributed by atoms with Gasteiger partial charge in [-0.3, -0.25) is 0 Å². The quantitative estimate of drug-likeness (QED) is 0.0847. The average Bonchev–Trinajstić information content (AvgIpc) is 2.76. The first-order valence-corrected chi connectivity index (χ1v) is 11.4. The lowest BCUT2D eigenvalue weighted by Gasteiger charge is -2.12. The van der Waals surface area contributed by atoms with E-state index in [9.17, 15) is 9.59 Å². The third-order valence-corrected chi connectivity index (χ3v) is 3.94. The Hall–Kier alpha value is -2.76. The van der Waals surface area contributed by atoms with Crippen molar-refractivity contribution in [2.24, 2.45) is 0 Å². The summed E-state index contributed by atoms with van der Waals surface area (Å²) >= 11 is 0. The van der Waals surface area contributed by atoms with E-state index < -0.39 is 24.1 Å². The van der Waals surface area contributed by atoms with Crippen molar-refractivity contribution in [1.82, 2.24) is 0 Å². The Kier molecular flexibility index (Phi) is 19.6. The highest BCUT2D eigenvalue weighted by atomic mass is 16.6. The summed E-state index contributed by atoms with van der Waals surface area (Å²) in [7, 11) is 0. The molecule has 0 saturated heterocycles. The monoisotopic (exact) mass is 448 g/mol. The molecule has 6 nitrogen and oxygen atoms in total. The lowest BCUT2D eigenvalue weighted by molar-refractivity contribution is -0.146. The third-order valence-electron chi connectivity index (χ3n) is 3.94. The standard InChI is InChI=1S/C26H40O6/c1-5-7-9-11-13-15-19-29-21-23(3)31-25(27)17-18-26(28)32-24(4)22-30-20-16-14-12-10-8-6-2/h11-20,23-24H,5-10,21-22H2,1-4H3/b13-11?,14-12?,18-17-,19-15?,20-16?. The van der Waals surface area contributed by atoms with E-state index in [0.29, 0.717) is 0 Å². The van der Waals surface area contributed by atoms with Gasteiger partial charge in [0.25, 0.3) is 0 Å². The number of hydrogen-bond acceptors (Lipinski definition) is 6. The van der Waals surface area contributed by atoms with E-state index in [2.05, 4.69) is 26.0 Å². The van der Waals surface area contributed by atoms with Gasteiger partial charge in [0.1, 0.15) is 25.4 Å². The van der Waals surface area contributed by atoms with Gasteiger partial charge in [0.05, 0.1) is 12.5 Å². The van der Waals surface area contributed by atoms with Crippen molar-refractivity contribution in [3.63, 3.8) is 0 Å². The predicted octanol–water partition coefficient (Wildman–Crippen LogP) is 5.96. The van der Waals surface area contributed by atoms with Crippen LogP contribution in [-0.4, -0.2) is 37.4 Å². The van der Waals surface area contributed by atoms with E-state index >= 15 is 0 Å². The van der Waals surface area contributed by atoms with Crippen LogP contribution in [0.2, 0.25) is 0 Å². The summed E-state index contributed by atoms with van der Waals surface area (Å²) in [6.07, 6.45) is 22.7. The molecule has 0 amide bonds. The summed E-state index contributed by atoms with van der Waals surface area (Å²) in [5.74, 6) is -1.27. The number of esters is 2. The average molecular weight is 449 g/mol. The van der Waals surface area contributed by atoms with Gasteiger partial charge in [0.15, 0.2) is 0 Å². The van der Waals surface area contributed by atoms with Gasteiger partial charge in [0, 0.05) is 12.2 Å². The molecule has 0 fully saturated rings. The maximum absolute atomic E-state index is 11.8. The molecule has 0 N–H and O–H groups in total. The van der Waals surface area contributed by atoms with Crippen molar-refractivity contribution in [2.75, 3.05) is 13.2 Å². The first-order chi connectivity index (χ1) is 15.5. The molecule has 0 aromatic heterocycles. The molecular formula is C26H40O6. The molecule has 2 atom stereocenters. The summed E-state index contributed by atoms with van der Waals surface area (Å²) in [6, 6.07) is 0. The first-order valence-electron chi connectivity index (χ1n) is 11.4. The maximum Gasteiger partial charge on any atom is 0.331 e. The normalized spacial score (nSPS) is 14.0. The van der Waals surface area contributed by atoms with E-state index in [4.69, 9.17) is 18.9 Å². The molecule has 0 spiro atoms. The molecular weight excluding hydrogens is 408 g/mol.